The third-order valence-electron chi connectivity index (χ3n) is 12.2. The van der Waals surface area contributed by atoms with Gasteiger partial charge in [-0.25, -0.2) is 0 Å². The smallest absolute Gasteiger partial charge is 0.155 e. The summed E-state index contributed by atoms with van der Waals surface area (Å²) < 4.78 is 6.06. The third-order valence-corrected chi connectivity index (χ3v) is 12.2. The van der Waals surface area contributed by atoms with Crippen LogP contribution in [-0.2, 0) is 9.53 Å². The van der Waals surface area contributed by atoms with Gasteiger partial charge in [0.15, 0.2) is 6.29 Å². The van der Waals surface area contributed by atoms with E-state index in [0.29, 0.717) is 37.5 Å². The Kier molecular flexibility index (Phi) is 6.96. The summed E-state index contributed by atoms with van der Waals surface area (Å²) in [6.07, 6.45) is -0.315. The molecule has 5 fully saturated rings. The van der Waals surface area contributed by atoms with Crippen molar-refractivity contribution >= 4 is 5.78 Å². The Bertz CT molecular complexity index is 847. The van der Waals surface area contributed by atoms with Crippen LogP contribution < -0.4 is 0 Å². The summed E-state index contributed by atoms with van der Waals surface area (Å²) in [5.41, 5.74) is -0.748. The van der Waals surface area contributed by atoms with Crippen LogP contribution >= 0.6 is 0 Å². The van der Waals surface area contributed by atoms with E-state index in [-0.39, 0.29) is 46.9 Å². The maximum atomic E-state index is 13.8. The van der Waals surface area contributed by atoms with Crippen LogP contribution in [0, 0.1) is 58.2 Å². The molecule has 5 rings (SSSR count). The molecule has 4 aliphatic carbocycles. The zero-order chi connectivity index (χ0) is 26.3. The van der Waals surface area contributed by atoms with Gasteiger partial charge >= 0.3 is 0 Å². The van der Waals surface area contributed by atoms with Crippen LogP contribution in [0.4, 0.5) is 0 Å². The number of carbonyl (C=O) groups is 1. The molecule has 1 heterocycles. The first-order chi connectivity index (χ1) is 16.8. The second-order valence-corrected chi connectivity index (χ2v) is 14.1. The van der Waals surface area contributed by atoms with Crippen LogP contribution in [0.25, 0.3) is 0 Å². The zero-order valence-corrected chi connectivity index (χ0v) is 22.6. The highest BCUT2D eigenvalue weighted by molar-refractivity contribution is 5.85. The molecule has 0 aromatic carbocycles. The summed E-state index contributed by atoms with van der Waals surface area (Å²) >= 11 is 0. The van der Waals surface area contributed by atoms with Crippen molar-refractivity contribution in [2.45, 2.75) is 116 Å². The van der Waals surface area contributed by atoms with Crippen molar-refractivity contribution in [2.24, 2.45) is 58.2 Å². The standard InChI is InChI=1S/C29H48O7/c1-13(2)15-10-20(36-21(32)11-15)14(3)17-12-19(31)23-22-16(6-8-29(17,23)5)28(4)9-7-18(30)25(33)24(28)27(35)26(22)34/h13-18,20-27,30,32-35H,6-12H2,1-5H3/t14?,15?,16?,17?,18?,20?,21?,22-,23-,24?,25+,26-,27?,28-,29-/m1/s1. The van der Waals surface area contributed by atoms with Gasteiger partial charge in [-0.05, 0) is 72.5 Å². The highest BCUT2D eigenvalue weighted by Crippen LogP contribution is 2.67. The van der Waals surface area contributed by atoms with E-state index in [9.17, 15) is 30.3 Å². The van der Waals surface area contributed by atoms with Gasteiger partial charge in [-0.1, -0.05) is 34.6 Å². The van der Waals surface area contributed by atoms with E-state index in [1.807, 2.05) is 0 Å². The van der Waals surface area contributed by atoms with Crippen LogP contribution in [0.5, 0.6) is 0 Å². The second kappa shape index (κ2) is 9.27. The SMILES string of the molecule is CC(C)C1CC(O)OC(C(C)C2CC(=O)[C@@H]3[C@H]4C(CC[C@]23C)[C@@]2(C)CCC(O)[C@H](O)C2C(O)[C@@H]4O)C1. The number of ether oxygens (including phenoxy) is 1. The van der Waals surface area contributed by atoms with Crippen LogP contribution in [0.15, 0.2) is 0 Å². The van der Waals surface area contributed by atoms with Gasteiger partial charge in [0, 0.05) is 30.6 Å². The predicted molar refractivity (Wildman–Crippen MR) is 133 cm³/mol. The monoisotopic (exact) mass is 508 g/mol. The van der Waals surface area contributed by atoms with Gasteiger partial charge in [-0.15, -0.1) is 0 Å². The van der Waals surface area contributed by atoms with Crippen LogP contribution in [0.3, 0.4) is 0 Å². The molecule has 7 nitrogen and oxygen atoms in total. The van der Waals surface area contributed by atoms with Gasteiger partial charge < -0.3 is 30.3 Å². The molecule has 206 valence electrons. The summed E-state index contributed by atoms with van der Waals surface area (Å²) in [5, 5.41) is 54.3. The van der Waals surface area contributed by atoms with E-state index in [0.717, 1.165) is 19.3 Å². The van der Waals surface area contributed by atoms with Crippen molar-refractivity contribution in [3.63, 3.8) is 0 Å². The van der Waals surface area contributed by atoms with Gasteiger partial charge in [0.05, 0.1) is 30.5 Å². The van der Waals surface area contributed by atoms with Gasteiger partial charge in [-0.2, -0.15) is 0 Å². The molecular weight excluding hydrogens is 460 g/mol. The molecule has 0 bridgehead atoms. The number of hydrogen-bond donors (Lipinski definition) is 5. The highest BCUT2D eigenvalue weighted by Gasteiger charge is 2.69. The van der Waals surface area contributed by atoms with Gasteiger partial charge in [-0.3, -0.25) is 4.79 Å². The number of carbonyl (C=O) groups excluding carboxylic acids is 1. The Hall–Kier alpha value is -0.570. The Labute approximate surface area is 215 Å². The normalized spacial score (nSPS) is 56.1. The van der Waals surface area contributed by atoms with E-state index in [4.69, 9.17) is 4.74 Å². The molecule has 15 atom stereocenters. The number of Topliss-reactive ketones (excluding diaryl/α,β-unsaturated/α-hetero) is 1. The molecule has 7 heteroatoms. The Morgan fingerprint density at radius 2 is 1.56 bits per heavy atom. The molecule has 0 amide bonds. The lowest BCUT2D eigenvalue weighted by molar-refractivity contribution is -0.251. The van der Waals surface area contributed by atoms with Gasteiger partial charge in [0.2, 0.25) is 0 Å². The molecule has 0 spiro atoms. The first-order valence-electron chi connectivity index (χ1n) is 14.4. The van der Waals surface area contributed by atoms with E-state index >= 15 is 0 Å². The number of rotatable bonds is 3. The number of fused-ring (bicyclic) bond motifs is 5. The Balaban J connectivity index is 1.44. The first-order valence-corrected chi connectivity index (χ1v) is 14.4. The molecule has 0 aromatic rings. The molecular formula is C29H48O7. The molecule has 5 N–H and O–H groups in total. The van der Waals surface area contributed by atoms with Gasteiger partial charge in [0.1, 0.15) is 5.78 Å². The van der Waals surface area contributed by atoms with Crippen molar-refractivity contribution in [3.05, 3.63) is 0 Å². The maximum absolute atomic E-state index is 13.8. The molecule has 0 radical (unpaired) electrons. The van der Waals surface area contributed by atoms with E-state index in [1.165, 1.54) is 0 Å². The number of aliphatic hydroxyl groups is 5. The summed E-state index contributed by atoms with van der Waals surface area (Å²) in [6.45, 7) is 10.8. The van der Waals surface area contributed by atoms with E-state index < -0.39 is 42.0 Å². The summed E-state index contributed by atoms with van der Waals surface area (Å²) in [4.78, 5) is 13.8. The van der Waals surface area contributed by atoms with Crippen LogP contribution in [0.1, 0.15) is 79.6 Å². The van der Waals surface area contributed by atoms with E-state index in [2.05, 4.69) is 34.6 Å². The second-order valence-electron chi connectivity index (χ2n) is 14.1. The molecule has 0 aromatic heterocycles. The summed E-state index contributed by atoms with van der Waals surface area (Å²) in [6, 6.07) is 0. The van der Waals surface area contributed by atoms with Crippen LogP contribution in [0.2, 0.25) is 0 Å². The summed E-state index contributed by atoms with van der Waals surface area (Å²) in [5.74, 6) is -0.0824. The minimum absolute atomic E-state index is 0.0113. The summed E-state index contributed by atoms with van der Waals surface area (Å²) in [7, 11) is 0. The lowest BCUT2D eigenvalue weighted by Gasteiger charge is -2.64. The first kappa shape index (κ1) is 27.0. The van der Waals surface area contributed by atoms with Crippen molar-refractivity contribution in [1.82, 2.24) is 0 Å². The average molecular weight is 509 g/mol. The highest BCUT2D eigenvalue weighted by atomic mass is 16.6. The fraction of sp³-hybridized carbons (Fsp3) is 0.966. The molecule has 1 aliphatic heterocycles. The number of hydrogen-bond acceptors (Lipinski definition) is 7. The maximum Gasteiger partial charge on any atom is 0.155 e. The minimum Gasteiger partial charge on any atom is -0.390 e. The minimum atomic E-state index is -1.17. The van der Waals surface area contributed by atoms with E-state index in [1.54, 1.807) is 0 Å². The molecule has 1 saturated heterocycles. The quantitative estimate of drug-likeness (QED) is 0.396. The Morgan fingerprint density at radius 1 is 0.889 bits per heavy atom. The zero-order valence-electron chi connectivity index (χ0n) is 22.6. The van der Waals surface area contributed by atoms with Crippen molar-refractivity contribution < 1.29 is 35.1 Å². The fourth-order valence-electron chi connectivity index (χ4n) is 10.1. The molecule has 4 saturated carbocycles. The molecule has 36 heavy (non-hydrogen) atoms. The van der Waals surface area contributed by atoms with Gasteiger partial charge in [0.25, 0.3) is 0 Å². The van der Waals surface area contributed by atoms with Crippen molar-refractivity contribution in [1.29, 1.82) is 0 Å². The lowest BCUT2D eigenvalue weighted by atomic mass is 9.42. The Morgan fingerprint density at radius 3 is 2.22 bits per heavy atom. The van der Waals surface area contributed by atoms with Crippen molar-refractivity contribution in [3.8, 4) is 0 Å². The third kappa shape index (κ3) is 3.86. The van der Waals surface area contributed by atoms with Crippen LogP contribution in [-0.4, -0.2) is 68.1 Å². The molecule has 5 aliphatic rings. The number of aliphatic hydroxyl groups excluding tert-OH is 5. The predicted octanol–water partition coefficient (Wildman–Crippen LogP) is 2.50. The number of ketones is 1. The lowest BCUT2D eigenvalue weighted by Crippen LogP contribution is -2.68. The van der Waals surface area contributed by atoms with Crippen molar-refractivity contribution in [2.75, 3.05) is 0 Å². The molecule has 9 unspecified atom stereocenters. The largest absolute Gasteiger partial charge is 0.390 e. The fourth-order valence-corrected chi connectivity index (χ4v) is 10.1. The average Bonchev–Trinajstić information content (AvgIpc) is 3.09. The topological polar surface area (TPSA) is 127 Å².